The average Bonchev–Trinajstić information content (AvgIpc) is 2.91. The maximum absolute atomic E-state index is 13.1. The Labute approximate surface area is 200 Å². The SMILES string of the molecule is O=C(NCCOc1ccccc1)c1cc(N2CCC(N3CCOCC3)CC2)nc2ccccc12. The molecule has 2 aliphatic heterocycles. The lowest BCUT2D eigenvalue weighted by Gasteiger charge is -2.40. The Hall–Kier alpha value is -3.16. The molecule has 3 heterocycles. The number of morpholine rings is 1. The highest BCUT2D eigenvalue weighted by molar-refractivity contribution is 6.07. The summed E-state index contributed by atoms with van der Waals surface area (Å²) in [5.41, 5.74) is 1.51. The number of hydrogen-bond donors (Lipinski definition) is 1. The topological polar surface area (TPSA) is 66.9 Å². The molecule has 0 bridgehead atoms. The van der Waals surface area contributed by atoms with Gasteiger partial charge in [0, 0.05) is 37.6 Å². The zero-order valence-electron chi connectivity index (χ0n) is 19.5. The average molecular weight is 461 g/mol. The smallest absolute Gasteiger partial charge is 0.252 e. The number of nitrogens with one attached hydrogen (secondary N) is 1. The van der Waals surface area contributed by atoms with Crippen LogP contribution in [0.3, 0.4) is 0 Å². The van der Waals surface area contributed by atoms with Crippen molar-refractivity contribution in [2.24, 2.45) is 0 Å². The first kappa shape index (κ1) is 22.6. The van der Waals surface area contributed by atoms with E-state index in [9.17, 15) is 4.79 Å². The van der Waals surface area contributed by atoms with E-state index >= 15 is 0 Å². The van der Waals surface area contributed by atoms with Gasteiger partial charge in [0.2, 0.25) is 0 Å². The van der Waals surface area contributed by atoms with Crippen LogP contribution in [0, 0.1) is 0 Å². The van der Waals surface area contributed by atoms with E-state index in [2.05, 4.69) is 15.1 Å². The second-order valence-electron chi connectivity index (χ2n) is 8.83. The minimum Gasteiger partial charge on any atom is -0.492 e. The molecule has 178 valence electrons. The zero-order chi connectivity index (χ0) is 23.2. The fourth-order valence-corrected chi connectivity index (χ4v) is 4.86. The summed E-state index contributed by atoms with van der Waals surface area (Å²) in [4.78, 5) is 22.9. The van der Waals surface area contributed by atoms with Gasteiger partial charge in [-0.2, -0.15) is 0 Å². The second kappa shape index (κ2) is 10.8. The van der Waals surface area contributed by atoms with Crippen molar-refractivity contribution in [1.82, 2.24) is 15.2 Å². The molecular weight excluding hydrogens is 428 g/mol. The maximum atomic E-state index is 13.1. The number of rotatable bonds is 7. The molecule has 0 radical (unpaired) electrons. The number of para-hydroxylation sites is 2. The monoisotopic (exact) mass is 460 g/mol. The Morgan fingerprint density at radius 2 is 1.74 bits per heavy atom. The maximum Gasteiger partial charge on any atom is 0.252 e. The van der Waals surface area contributed by atoms with Crippen molar-refractivity contribution in [2.45, 2.75) is 18.9 Å². The number of pyridine rings is 1. The van der Waals surface area contributed by atoms with Crippen LogP contribution in [0.5, 0.6) is 5.75 Å². The fourth-order valence-electron chi connectivity index (χ4n) is 4.86. The first-order valence-corrected chi connectivity index (χ1v) is 12.2. The van der Waals surface area contributed by atoms with E-state index in [0.717, 1.165) is 74.7 Å². The number of nitrogens with zero attached hydrogens (tertiary/aromatic N) is 3. The lowest BCUT2D eigenvalue weighted by molar-refractivity contribution is 0.0115. The van der Waals surface area contributed by atoms with Crippen molar-refractivity contribution < 1.29 is 14.3 Å². The van der Waals surface area contributed by atoms with Crippen LogP contribution in [0.4, 0.5) is 5.82 Å². The van der Waals surface area contributed by atoms with E-state index in [1.54, 1.807) is 0 Å². The minimum atomic E-state index is -0.0975. The van der Waals surface area contributed by atoms with Gasteiger partial charge in [-0.1, -0.05) is 36.4 Å². The molecule has 0 spiro atoms. The van der Waals surface area contributed by atoms with Crippen molar-refractivity contribution in [1.29, 1.82) is 0 Å². The van der Waals surface area contributed by atoms with Crippen molar-refractivity contribution in [3.63, 3.8) is 0 Å². The van der Waals surface area contributed by atoms with Gasteiger partial charge in [-0.05, 0) is 37.1 Å². The summed E-state index contributed by atoms with van der Waals surface area (Å²) >= 11 is 0. The number of fused-ring (bicyclic) bond motifs is 1. The van der Waals surface area contributed by atoms with Gasteiger partial charge in [-0.3, -0.25) is 9.69 Å². The fraction of sp³-hybridized carbons (Fsp3) is 0.407. The van der Waals surface area contributed by atoms with E-state index in [-0.39, 0.29) is 5.91 Å². The Bertz CT molecular complexity index is 1090. The third-order valence-corrected chi connectivity index (χ3v) is 6.70. The summed E-state index contributed by atoms with van der Waals surface area (Å²) in [7, 11) is 0. The molecule has 5 rings (SSSR count). The standard InChI is InChI=1S/C27H32N4O3/c32-27(28-12-17-34-22-6-2-1-3-7-22)24-20-26(29-25-9-5-4-8-23(24)25)31-13-10-21(11-14-31)30-15-18-33-19-16-30/h1-9,20-21H,10-19H2,(H,28,32). The van der Waals surface area contributed by atoms with E-state index in [4.69, 9.17) is 14.5 Å². The van der Waals surface area contributed by atoms with E-state index in [0.29, 0.717) is 24.8 Å². The molecular formula is C27H32N4O3. The lowest BCUT2D eigenvalue weighted by atomic mass is 10.0. The van der Waals surface area contributed by atoms with Crippen LogP contribution in [0.2, 0.25) is 0 Å². The van der Waals surface area contributed by atoms with Gasteiger partial charge in [-0.15, -0.1) is 0 Å². The van der Waals surface area contributed by atoms with Crippen LogP contribution in [0.15, 0.2) is 60.7 Å². The van der Waals surface area contributed by atoms with Crippen molar-refractivity contribution >= 4 is 22.6 Å². The van der Waals surface area contributed by atoms with E-state index in [1.807, 2.05) is 60.7 Å². The normalized spacial score (nSPS) is 17.6. The Morgan fingerprint density at radius 3 is 2.53 bits per heavy atom. The molecule has 2 saturated heterocycles. The number of aromatic nitrogens is 1. The van der Waals surface area contributed by atoms with Gasteiger partial charge in [0.05, 0.1) is 30.8 Å². The number of carbonyl (C=O) groups excluding carboxylic acids is 1. The minimum absolute atomic E-state index is 0.0975. The first-order chi connectivity index (χ1) is 16.8. The number of anilines is 1. The van der Waals surface area contributed by atoms with E-state index < -0.39 is 0 Å². The largest absolute Gasteiger partial charge is 0.492 e. The van der Waals surface area contributed by atoms with Gasteiger partial charge >= 0.3 is 0 Å². The van der Waals surface area contributed by atoms with Crippen LogP contribution in [-0.4, -0.2) is 74.4 Å². The first-order valence-electron chi connectivity index (χ1n) is 12.2. The molecule has 2 aromatic carbocycles. The lowest BCUT2D eigenvalue weighted by Crippen LogP contribution is -2.49. The van der Waals surface area contributed by atoms with Gasteiger partial charge in [-0.25, -0.2) is 4.98 Å². The molecule has 3 aromatic rings. The number of hydrogen-bond acceptors (Lipinski definition) is 6. The van der Waals surface area contributed by atoms with Gasteiger partial charge in [0.25, 0.3) is 5.91 Å². The quantitative estimate of drug-likeness (QED) is 0.546. The molecule has 0 atom stereocenters. The van der Waals surface area contributed by atoms with Crippen LogP contribution >= 0.6 is 0 Å². The third-order valence-electron chi connectivity index (χ3n) is 6.70. The molecule has 7 heteroatoms. The Kier molecular flexibility index (Phi) is 7.22. The molecule has 34 heavy (non-hydrogen) atoms. The predicted octanol–water partition coefficient (Wildman–Crippen LogP) is 3.34. The van der Waals surface area contributed by atoms with Crippen LogP contribution in [0.1, 0.15) is 23.2 Å². The van der Waals surface area contributed by atoms with Crippen molar-refractivity contribution in [3.8, 4) is 5.75 Å². The highest BCUT2D eigenvalue weighted by atomic mass is 16.5. The predicted molar refractivity (Wildman–Crippen MR) is 134 cm³/mol. The zero-order valence-corrected chi connectivity index (χ0v) is 19.5. The molecule has 0 unspecified atom stereocenters. The molecule has 1 aromatic heterocycles. The number of ether oxygens (including phenoxy) is 2. The molecule has 7 nitrogen and oxygen atoms in total. The summed E-state index contributed by atoms with van der Waals surface area (Å²) in [6, 6.07) is 20.1. The van der Waals surface area contributed by atoms with Crippen molar-refractivity contribution in [2.75, 3.05) is 57.4 Å². The Morgan fingerprint density at radius 1 is 1.00 bits per heavy atom. The molecule has 2 fully saturated rings. The number of amides is 1. The molecule has 1 N–H and O–H groups in total. The molecule has 0 aliphatic carbocycles. The molecule has 1 amide bonds. The highest BCUT2D eigenvalue weighted by Gasteiger charge is 2.27. The van der Waals surface area contributed by atoms with Crippen LogP contribution in [-0.2, 0) is 4.74 Å². The van der Waals surface area contributed by atoms with Gasteiger partial charge in [0.1, 0.15) is 18.2 Å². The second-order valence-corrected chi connectivity index (χ2v) is 8.83. The summed E-state index contributed by atoms with van der Waals surface area (Å²) in [5, 5.41) is 3.88. The highest BCUT2D eigenvalue weighted by Crippen LogP contribution is 2.27. The van der Waals surface area contributed by atoms with Gasteiger partial charge in [0.15, 0.2) is 0 Å². The number of carbonyl (C=O) groups is 1. The van der Waals surface area contributed by atoms with Crippen LogP contribution < -0.4 is 15.0 Å². The van der Waals surface area contributed by atoms with Crippen LogP contribution in [0.25, 0.3) is 10.9 Å². The van der Waals surface area contributed by atoms with E-state index in [1.165, 1.54) is 0 Å². The molecule has 0 saturated carbocycles. The summed E-state index contributed by atoms with van der Waals surface area (Å²) in [5.74, 6) is 1.58. The summed E-state index contributed by atoms with van der Waals surface area (Å²) in [6.07, 6.45) is 2.21. The summed E-state index contributed by atoms with van der Waals surface area (Å²) in [6.45, 7) is 6.46. The van der Waals surface area contributed by atoms with Gasteiger partial charge < -0.3 is 19.7 Å². The molecule has 2 aliphatic rings. The Balaban J connectivity index is 1.25. The number of benzene rings is 2. The third kappa shape index (κ3) is 5.32. The summed E-state index contributed by atoms with van der Waals surface area (Å²) < 4.78 is 11.2. The van der Waals surface area contributed by atoms with Crippen molar-refractivity contribution in [3.05, 3.63) is 66.2 Å². The number of piperidine rings is 1.